The highest BCUT2D eigenvalue weighted by molar-refractivity contribution is 7.93. The van der Waals surface area contributed by atoms with Gasteiger partial charge in [-0.1, -0.05) is 0 Å². The second kappa shape index (κ2) is 6.19. The van der Waals surface area contributed by atoms with Gasteiger partial charge in [-0.15, -0.1) is 11.3 Å². The number of nitrogens with zero attached hydrogens (tertiary/aromatic N) is 1. The maximum atomic E-state index is 12.7. The molecular formula is C14H15NO7S2. The van der Waals surface area contributed by atoms with Crippen molar-refractivity contribution in [3.05, 3.63) is 28.1 Å². The first kappa shape index (κ1) is 16.9. The van der Waals surface area contributed by atoms with Crippen LogP contribution in [-0.4, -0.2) is 45.0 Å². The quantitative estimate of drug-likeness (QED) is 0.863. The summed E-state index contributed by atoms with van der Waals surface area (Å²) < 4.78 is 37.1. The van der Waals surface area contributed by atoms with Crippen molar-refractivity contribution < 1.29 is 27.5 Å². The molecule has 3 heterocycles. The first-order valence-electron chi connectivity index (χ1n) is 7.17. The lowest BCUT2D eigenvalue weighted by Crippen LogP contribution is -2.39. The molecule has 24 heavy (non-hydrogen) atoms. The molecule has 3 rings (SSSR count). The van der Waals surface area contributed by atoms with Gasteiger partial charge in [-0.3, -0.25) is 4.31 Å². The summed E-state index contributed by atoms with van der Waals surface area (Å²) in [5, 5.41) is 8.81. The first-order chi connectivity index (χ1) is 11.3. The van der Waals surface area contributed by atoms with Gasteiger partial charge in [-0.2, -0.15) is 0 Å². The smallest absolute Gasteiger partial charge is 0.351 e. The van der Waals surface area contributed by atoms with Gasteiger partial charge in [-0.25, -0.2) is 18.0 Å². The van der Waals surface area contributed by atoms with Gasteiger partial charge in [0, 0.05) is 26.3 Å². The summed E-state index contributed by atoms with van der Waals surface area (Å²) in [7, 11) is -2.14. The second-order valence-corrected chi connectivity index (χ2v) is 8.70. The van der Waals surface area contributed by atoms with Crippen molar-refractivity contribution in [3.8, 4) is 0 Å². The third kappa shape index (κ3) is 2.92. The van der Waals surface area contributed by atoms with E-state index >= 15 is 0 Å². The maximum Gasteiger partial charge on any atom is 0.351 e. The van der Waals surface area contributed by atoms with Crippen LogP contribution >= 0.6 is 11.3 Å². The number of hydrogen-bond acceptors (Lipinski definition) is 7. The standard InChI is InChI=1S/C14H15NO7S2/c1-15(24(19,20)8-2-4-21-5-3-8)12-7-10-11(23-12)6-9(13(16)17)14(18)22-10/h6-8H,2-5H2,1H3,(H,16,17). The molecule has 130 valence electrons. The Bertz CT molecular complexity index is 938. The van der Waals surface area contributed by atoms with Crippen LogP contribution in [0.5, 0.6) is 0 Å². The minimum Gasteiger partial charge on any atom is -0.477 e. The summed E-state index contributed by atoms with van der Waals surface area (Å²) in [4.78, 5) is 22.6. The number of aromatic carboxylic acids is 1. The molecule has 0 unspecified atom stereocenters. The van der Waals surface area contributed by atoms with Crippen LogP contribution in [0.15, 0.2) is 21.3 Å². The van der Waals surface area contributed by atoms with Gasteiger partial charge in [0.1, 0.15) is 10.6 Å². The number of sulfonamides is 1. The predicted molar refractivity (Wildman–Crippen MR) is 88.5 cm³/mol. The van der Waals surface area contributed by atoms with Crippen LogP contribution in [0, 0.1) is 0 Å². The van der Waals surface area contributed by atoms with Gasteiger partial charge in [0.05, 0.1) is 9.95 Å². The number of rotatable bonds is 4. The van der Waals surface area contributed by atoms with E-state index in [1.807, 2.05) is 0 Å². The van der Waals surface area contributed by atoms with Gasteiger partial charge in [-0.05, 0) is 18.9 Å². The van der Waals surface area contributed by atoms with Crippen molar-refractivity contribution >= 4 is 42.6 Å². The Hall–Kier alpha value is -1.91. The van der Waals surface area contributed by atoms with E-state index in [0.29, 0.717) is 35.8 Å². The number of thiophene rings is 1. The van der Waals surface area contributed by atoms with Crippen molar-refractivity contribution in [2.45, 2.75) is 18.1 Å². The van der Waals surface area contributed by atoms with E-state index in [2.05, 4.69) is 0 Å². The number of hydrogen-bond donors (Lipinski definition) is 1. The number of fused-ring (bicyclic) bond motifs is 1. The molecule has 0 aromatic carbocycles. The van der Waals surface area contributed by atoms with E-state index in [-0.39, 0.29) is 5.58 Å². The van der Waals surface area contributed by atoms with Crippen molar-refractivity contribution in [1.29, 1.82) is 0 Å². The summed E-state index contributed by atoms with van der Waals surface area (Å²) >= 11 is 1.06. The fourth-order valence-corrected chi connectivity index (χ4v) is 5.39. The summed E-state index contributed by atoms with van der Waals surface area (Å²) in [6, 6.07) is 2.64. The lowest BCUT2D eigenvalue weighted by molar-refractivity contribution is 0.0692. The number of carbonyl (C=O) groups is 1. The third-order valence-electron chi connectivity index (χ3n) is 3.92. The average Bonchev–Trinajstić information content (AvgIpc) is 2.96. The highest BCUT2D eigenvalue weighted by Crippen LogP contribution is 2.34. The molecule has 8 nitrogen and oxygen atoms in total. The molecule has 0 atom stereocenters. The van der Waals surface area contributed by atoms with Crippen LogP contribution in [0.25, 0.3) is 10.3 Å². The number of carboxylic acids is 1. The molecule has 1 aliphatic heterocycles. The second-order valence-electron chi connectivity index (χ2n) is 5.39. The fourth-order valence-electron chi connectivity index (χ4n) is 2.53. The monoisotopic (exact) mass is 373 g/mol. The first-order valence-corrected chi connectivity index (χ1v) is 9.49. The number of carboxylic acid groups (broad SMARTS) is 1. The highest BCUT2D eigenvalue weighted by Gasteiger charge is 2.32. The molecule has 0 bridgehead atoms. The third-order valence-corrected chi connectivity index (χ3v) is 7.45. The summed E-state index contributed by atoms with van der Waals surface area (Å²) in [6.45, 7) is 0.808. The van der Waals surface area contributed by atoms with Gasteiger partial charge < -0.3 is 14.3 Å². The molecule has 0 spiro atoms. The van der Waals surface area contributed by atoms with Crippen LogP contribution < -0.4 is 9.93 Å². The normalized spacial score (nSPS) is 16.4. The summed E-state index contributed by atoms with van der Waals surface area (Å²) in [5.74, 6) is -1.39. The van der Waals surface area contributed by atoms with E-state index < -0.39 is 32.4 Å². The molecule has 1 aliphatic rings. The molecule has 0 aliphatic carbocycles. The van der Waals surface area contributed by atoms with Crippen molar-refractivity contribution in [2.24, 2.45) is 0 Å². The Morgan fingerprint density at radius 2 is 2.00 bits per heavy atom. The molecule has 1 saturated heterocycles. The Kier molecular flexibility index (Phi) is 4.37. The van der Waals surface area contributed by atoms with E-state index in [1.54, 1.807) is 0 Å². The summed E-state index contributed by atoms with van der Waals surface area (Å²) in [5.41, 5.74) is -1.28. The molecular weight excluding hydrogens is 358 g/mol. The van der Waals surface area contributed by atoms with Crippen LogP contribution in [-0.2, 0) is 14.8 Å². The fraction of sp³-hybridized carbons (Fsp3) is 0.429. The van der Waals surface area contributed by atoms with Crippen molar-refractivity contribution in [2.75, 3.05) is 24.6 Å². The largest absolute Gasteiger partial charge is 0.477 e. The van der Waals surface area contributed by atoms with Gasteiger partial charge in [0.2, 0.25) is 10.0 Å². The van der Waals surface area contributed by atoms with E-state index in [4.69, 9.17) is 14.3 Å². The van der Waals surface area contributed by atoms with E-state index in [9.17, 15) is 18.0 Å². The Labute approximate surface area is 141 Å². The molecule has 0 amide bonds. The molecule has 1 N–H and O–H groups in total. The maximum absolute atomic E-state index is 12.7. The number of ether oxygens (including phenoxy) is 1. The topological polar surface area (TPSA) is 114 Å². The van der Waals surface area contributed by atoms with Crippen molar-refractivity contribution in [1.82, 2.24) is 0 Å². The van der Waals surface area contributed by atoms with E-state index in [1.165, 1.54) is 19.2 Å². The number of anilines is 1. The SMILES string of the molecule is CN(c1cc2oc(=O)c(C(=O)O)cc2s1)S(=O)(=O)C1CCOCC1. The lowest BCUT2D eigenvalue weighted by atomic mass is 10.2. The minimum absolute atomic E-state index is 0.166. The highest BCUT2D eigenvalue weighted by atomic mass is 32.2. The molecule has 0 saturated carbocycles. The Balaban J connectivity index is 1.99. The zero-order valence-electron chi connectivity index (χ0n) is 12.7. The van der Waals surface area contributed by atoms with Gasteiger partial charge in [0.15, 0.2) is 5.58 Å². The zero-order valence-corrected chi connectivity index (χ0v) is 14.4. The zero-order chi connectivity index (χ0) is 17.5. The molecule has 2 aromatic rings. The van der Waals surface area contributed by atoms with Crippen LogP contribution in [0.2, 0.25) is 0 Å². The van der Waals surface area contributed by atoms with Gasteiger partial charge >= 0.3 is 11.6 Å². The molecule has 2 aromatic heterocycles. The molecule has 10 heteroatoms. The predicted octanol–water partition coefficient (Wildman–Crippen LogP) is 1.50. The molecule has 1 fully saturated rings. The van der Waals surface area contributed by atoms with Gasteiger partial charge in [0.25, 0.3) is 0 Å². The average molecular weight is 373 g/mol. The van der Waals surface area contributed by atoms with Crippen LogP contribution in [0.3, 0.4) is 0 Å². The minimum atomic E-state index is -3.57. The van der Waals surface area contributed by atoms with Crippen molar-refractivity contribution in [3.63, 3.8) is 0 Å². The van der Waals surface area contributed by atoms with E-state index in [0.717, 1.165) is 15.6 Å². The summed E-state index contributed by atoms with van der Waals surface area (Å²) in [6.07, 6.45) is 0.853. The van der Waals surface area contributed by atoms with Crippen LogP contribution in [0.4, 0.5) is 5.00 Å². The Morgan fingerprint density at radius 3 is 2.62 bits per heavy atom. The van der Waals surface area contributed by atoms with Crippen LogP contribution in [0.1, 0.15) is 23.2 Å². The Morgan fingerprint density at radius 1 is 1.33 bits per heavy atom. The lowest BCUT2D eigenvalue weighted by Gasteiger charge is -2.27. The molecule has 0 radical (unpaired) electrons.